The van der Waals surface area contributed by atoms with Gasteiger partial charge in [0.05, 0.1) is 5.69 Å². The molecule has 4 nitrogen and oxygen atoms in total. The van der Waals surface area contributed by atoms with Crippen LogP contribution in [0.1, 0.15) is 0 Å². The predicted molar refractivity (Wildman–Crippen MR) is 126 cm³/mol. The third kappa shape index (κ3) is 4.18. The second-order valence-electron chi connectivity index (χ2n) is 6.90. The van der Waals surface area contributed by atoms with Gasteiger partial charge in [0.1, 0.15) is 11.6 Å². The Bertz CT molecular complexity index is 1350. The number of fused-ring (bicyclic) bond motifs is 1. The second kappa shape index (κ2) is 8.65. The molecule has 0 atom stereocenters. The van der Waals surface area contributed by atoms with E-state index in [2.05, 4.69) is 16.6 Å². The molecule has 3 aromatic carbocycles. The molecule has 1 aromatic heterocycles. The number of hydrogen-bond donors (Lipinski definition) is 2. The molecule has 1 heterocycles. The first-order chi connectivity index (χ1) is 15.0. The summed E-state index contributed by atoms with van der Waals surface area (Å²) >= 11 is 1.32. The molecule has 156 valence electrons. The molecule has 4 rings (SSSR count). The Kier molecular flexibility index (Phi) is 5.77. The van der Waals surface area contributed by atoms with Crippen LogP contribution in [0.3, 0.4) is 0 Å². The van der Waals surface area contributed by atoms with Crippen molar-refractivity contribution in [3.8, 4) is 11.1 Å². The van der Waals surface area contributed by atoms with Crippen molar-refractivity contribution < 1.29 is 8.78 Å². The molecule has 0 aliphatic rings. The van der Waals surface area contributed by atoms with Gasteiger partial charge in [-0.1, -0.05) is 24.8 Å². The summed E-state index contributed by atoms with van der Waals surface area (Å²) in [5, 5.41) is 6.10. The lowest BCUT2D eigenvalue weighted by Crippen LogP contribution is -2.16. The third-order valence-electron chi connectivity index (χ3n) is 4.86. The SMILES string of the molecule is C=CSNc1ccc(Nc2ccc(F)cc2F)c(-c2cn(C)c(=O)c3ccccc23)c1. The maximum atomic E-state index is 14.3. The van der Waals surface area contributed by atoms with Crippen molar-refractivity contribution in [1.29, 1.82) is 0 Å². The Hall–Kier alpha value is -3.58. The van der Waals surface area contributed by atoms with Gasteiger partial charge in [-0.15, -0.1) is 0 Å². The van der Waals surface area contributed by atoms with Crippen molar-refractivity contribution in [3.05, 3.63) is 101 Å². The smallest absolute Gasteiger partial charge is 0.258 e. The third-order valence-corrected chi connectivity index (χ3v) is 5.38. The average molecular weight is 435 g/mol. The highest BCUT2D eigenvalue weighted by Crippen LogP contribution is 2.37. The maximum absolute atomic E-state index is 14.3. The molecule has 0 aliphatic heterocycles. The van der Waals surface area contributed by atoms with Crippen LogP contribution >= 0.6 is 11.9 Å². The first-order valence-electron chi connectivity index (χ1n) is 9.45. The second-order valence-corrected chi connectivity index (χ2v) is 7.67. The van der Waals surface area contributed by atoms with E-state index in [0.29, 0.717) is 11.1 Å². The van der Waals surface area contributed by atoms with E-state index >= 15 is 0 Å². The highest BCUT2D eigenvalue weighted by atomic mass is 32.2. The zero-order chi connectivity index (χ0) is 22.0. The lowest BCUT2D eigenvalue weighted by atomic mass is 9.98. The van der Waals surface area contributed by atoms with Crippen LogP contribution < -0.4 is 15.6 Å². The molecule has 0 spiro atoms. The molecule has 31 heavy (non-hydrogen) atoms. The van der Waals surface area contributed by atoms with Crippen LogP contribution in [0.4, 0.5) is 25.8 Å². The Morgan fingerprint density at radius 3 is 2.45 bits per heavy atom. The number of anilines is 3. The zero-order valence-electron chi connectivity index (χ0n) is 16.7. The average Bonchev–Trinajstić information content (AvgIpc) is 2.77. The molecule has 2 N–H and O–H groups in total. The van der Waals surface area contributed by atoms with Gasteiger partial charge in [-0.3, -0.25) is 4.79 Å². The van der Waals surface area contributed by atoms with Gasteiger partial charge in [0, 0.05) is 47.2 Å². The van der Waals surface area contributed by atoms with Gasteiger partial charge in [-0.2, -0.15) is 0 Å². The zero-order valence-corrected chi connectivity index (χ0v) is 17.5. The summed E-state index contributed by atoms with van der Waals surface area (Å²) in [7, 11) is 1.70. The number of hydrogen-bond acceptors (Lipinski definition) is 4. The van der Waals surface area contributed by atoms with Gasteiger partial charge in [-0.25, -0.2) is 8.78 Å². The number of nitrogens with one attached hydrogen (secondary N) is 2. The van der Waals surface area contributed by atoms with E-state index in [-0.39, 0.29) is 11.2 Å². The number of aryl methyl sites for hydroxylation is 1. The van der Waals surface area contributed by atoms with Crippen LogP contribution in [-0.2, 0) is 7.05 Å². The molecule has 0 amide bonds. The number of aromatic nitrogens is 1. The fraction of sp³-hybridized carbons (Fsp3) is 0.0417. The lowest BCUT2D eigenvalue weighted by Gasteiger charge is -2.17. The fourth-order valence-electron chi connectivity index (χ4n) is 3.42. The van der Waals surface area contributed by atoms with Crippen LogP contribution in [-0.4, -0.2) is 4.57 Å². The molecule has 0 unspecified atom stereocenters. The van der Waals surface area contributed by atoms with Crippen LogP contribution in [0, 0.1) is 11.6 Å². The van der Waals surface area contributed by atoms with E-state index in [1.54, 1.807) is 24.7 Å². The summed E-state index contributed by atoms with van der Waals surface area (Å²) in [5.41, 5.74) is 3.03. The van der Waals surface area contributed by atoms with Gasteiger partial charge in [0.2, 0.25) is 0 Å². The van der Waals surface area contributed by atoms with E-state index in [4.69, 9.17) is 0 Å². The van der Waals surface area contributed by atoms with Crippen molar-refractivity contribution >= 4 is 39.8 Å². The summed E-state index contributed by atoms with van der Waals surface area (Å²) in [6.07, 6.45) is 1.76. The van der Waals surface area contributed by atoms with E-state index in [9.17, 15) is 13.6 Å². The van der Waals surface area contributed by atoms with Crippen LogP contribution in [0.15, 0.2) is 83.6 Å². The summed E-state index contributed by atoms with van der Waals surface area (Å²) in [6.45, 7) is 3.69. The minimum absolute atomic E-state index is 0.102. The largest absolute Gasteiger partial charge is 0.353 e. The number of benzene rings is 3. The monoisotopic (exact) mass is 435 g/mol. The minimum atomic E-state index is -0.694. The van der Waals surface area contributed by atoms with Crippen LogP contribution in [0.5, 0.6) is 0 Å². The lowest BCUT2D eigenvalue weighted by molar-refractivity contribution is 0.586. The molecule has 0 bridgehead atoms. The Balaban J connectivity index is 1.93. The molecule has 0 aliphatic carbocycles. The van der Waals surface area contributed by atoms with E-state index in [1.807, 2.05) is 36.4 Å². The molecular weight excluding hydrogens is 416 g/mol. The Morgan fingerprint density at radius 1 is 0.968 bits per heavy atom. The minimum Gasteiger partial charge on any atom is -0.353 e. The molecule has 0 saturated heterocycles. The van der Waals surface area contributed by atoms with Crippen molar-refractivity contribution in [3.63, 3.8) is 0 Å². The number of rotatable bonds is 6. The summed E-state index contributed by atoms with van der Waals surface area (Å²) in [6, 6.07) is 16.3. The predicted octanol–water partition coefficient (Wildman–Crippen LogP) is 6.43. The van der Waals surface area contributed by atoms with Crippen molar-refractivity contribution in [2.24, 2.45) is 7.05 Å². The van der Waals surface area contributed by atoms with E-state index < -0.39 is 11.6 Å². The maximum Gasteiger partial charge on any atom is 0.258 e. The highest BCUT2D eigenvalue weighted by Gasteiger charge is 2.15. The van der Waals surface area contributed by atoms with E-state index in [1.165, 1.54) is 28.6 Å². The summed E-state index contributed by atoms with van der Waals surface area (Å²) in [4.78, 5) is 12.6. The van der Waals surface area contributed by atoms with Crippen molar-refractivity contribution in [2.75, 3.05) is 10.0 Å². The molecule has 7 heteroatoms. The Labute approximate surface area is 182 Å². The molecule has 4 aromatic rings. The van der Waals surface area contributed by atoms with Crippen LogP contribution in [0.2, 0.25) is 0 Å². The first kappa shape index (κ1) is 20.7. The number of halogens is 2. The number of pyridine rings is 1. The van der Waals surface area contributed by atoms with Gasteiger partial charge in [0.25, 0.3) is 5.56 Å². The molecule has 0 radical (unpaired) electrons. The highest BCUT2D eigenvalue weighted by molar-refractivity contribution is 8.03. The van der Waals surface area contributed by atoms with Gasteiger partial charge in [-0.05, 0) is 59.1 Å². The standard InChI is InChI=1S/C24H19F2N3OS/c1-3-31-28-16-9-11-22(27-23-10-8-15(25)12-21(23)26)19(13-16)20-14-29(2)24(30)18-7-5-4-6-17(18)20/h3-14,27-28H,1H2,2H3. The van der Waals surface area contributed by atoms with Gasteiger partial charge in [0.15, 0.2) is 0 Å². The Morgan fingerprint density at radius 2 is 1.71 bits per heavy atom. The molecular formula is C24H19F2N3OS. The fourth-order valence-corrected chi connectivity index (χ4v) is 3.76. The van der Waals surface area contributed by atoms with Crippen molar-refractivity contribution in [1.82, 2.24) is 4.57 Å². The normalized spacial score (nSPS) is 10.8. The van der Waals surface area contributed by atoms with Gasteiger partial charge >= 0.3 is 0 Å². The molecule has 0 saturated carbocycles. The van der Waals surface area contributed by atoms with Gasteiger partial charge < -0.3 is 14.6 Å². The number of nitrogens with zero attached hydrogens (tertiary/aromatic N) is 1. The van der Waals surface area contributed by atoms with Crippen molar-refractivity contribution in [2.45, 2.75) is 0 Å². The van der Waals surface area contributed by atoms with Crippen LogP contribution in [0.25, 0.3) is 21.9 Å². The summed E-state index contributed by atoms with van der Waals surface area (Å²) < 4.78 is 32.3. The molecule has 0 fully saturated rings. The first-order valence-corrected chi connectivity index (χ1v) is 10.3. The summed E-state index contributed by atoms with van der Waals surface area (Å²) in [5.74, 6) is -1.34. The topological polar surface area (TPSA) is 46.1 Å². The quantitative estimate of drug-likeness (QED) is 0.343. The van der Waals surface area contributed by atoms with E-state index in [0.717, 1.165) is 28.3 Å².